The van der Waals surface area contributed by atoms with Crippen LogP contribution in [0.2, 0.25) is 0 Å². The number of nitrogens with zero attached hydrogens (tertiary/aromatic N) is 1. The summed E-state index contributed by atoms with van der Waals surface area (Å²) in [5.41, 5.74) is 9.90. The molecular formula is C18H16N2O2. The lowest BCUT2D eigenvalue weighted by molar-refractivity contribution is 0.112. The van der Waals surface area contributed by atoms with Gasteiger partial charge in [-0.2, -0.15) is 0 Å². The van der Waals surface area contributed by atoms with Crippen molar-refractivity contribution < 1.29 is 9.53 Å². The number of anilines is 1. The summed E-state index contributed by atoms with van der Waals surface area (Å²) < 4.78 is 7.19. The van der Waals surface area contributed by atoms with Gasteiger partial charge in [-0.05, 0) is 23.8 Å². The number of hydrogen-bond donors (Lipinski definition) is 1. The van der Waals surface area contributed by atoms with E-state index in [0.717, 1.165) is 23.2 Å². The Labute approximate surface area is 128 Å². The largest absolute Gasteiger partial charge is 0.497 e. The van der Waals surface area contributed by atoms with Gasteiger partial charge in [0.2, 0.25) is 0 Å². The molecule has 0 saturated heterocycles. The second-order valence-corrected chi connectivity index (χ2v) is 4.90. The Bertz CT molecular complexity index is 807. The fourth-order valence-electron chi connectivity index (χ4n) is 2.50. The van der Waals surface area contributed by atoms with E-state index in [-0.39, 0.29) is 0 Å². The molecular weight excluding hydrogens is 276 g/mol. The standard InChI is InChI=1S/C18H16N2O2/c1-22-15-7-8-16(19)17(11-15)20-10-9-14(12-21)18(20)13-5-3-2-4-6-13/h2-12H,19H2,1H3. The Hall–Kier alpha value is -3.01. The van der Waals surface area contributed by atoms with Gasteiger partial charge in [0.15, 0.2) is 6.29 Å². The van der Waals surface area contributed by atoms with Crippen LogP contribution in [0.1, 0.15) is 10.4 Å². The average Bonchev–Trinajstić information content (AvgIpc) is 3.00. The van der Waals surface area contributed by atoms with Crippen molar-refractivity contribution in [2.24, 2.45) is 0 Å². The number of carbonyl (C=O) groups is 1. The van der Waals surface area contributed by atoms with E-state index in [0.29, 0.717) is 17.0 Å². The molecule has 0 atom stereocenters. The molecule has 0 spiro atoms. The van der Waals surface area contributed by atoms with Crippen molar-refractivity contribution in [1.29, 1.82) is 0 Å². The Morgan fingerprint density at radius 1 is 1.09 bits per heavy atom. The molecule has 0 aliphatic rings. The molecule has 0 amide bonds. The second-order valence-electron chi connectivity index (χ2n) is 4.90. The van der Waals surface area contributed by atoms with Gasteiger partial charge in [-0.3, -0.25) is 4.79 Å². The first kappa shape index (κ1) is 13.9. The first-order valence-electron chi connectivity index (χ1n) is 6.90. The van der Waals surface area contributed by atoms with E-state index in [1.54, 1.807) is 19.2 Å². The minimum atomic E-state index is 0.617. The molecule has 0 bridgehead atoms. The van der Waals surface area contributed by atoms with Gasteiger partial charge in [0.1, 0.15) is 5.75 Å². The maximum atomic E-state index is 11.4. The fourth-order valence-corrected chi connectivity index (χ4v) is 2.50. The van der Waals surface area contributed by atoms with Gasteiger partial charge in [0.05, 0.1) is 24.2 Å². The Balaban J connectivity index is 2.25. The third-order valence-corrected chi connectivity index (χ3v) is 3.59. The van der Waals surface area contributed by atoms with Crippen LogP contribution in [-0.2, 0) is 0 Å². The van der Waals surface area contributed by atoms with Gasteiger partial charge >= 0.3 is 0 Å². The number of ether oxygens (including phenoxy) is 1. The van der Waals surface area contributed by atoms with E-state index in [4.69, 9.17) is 10.5 Å². The zero-order chi connectivity index (χ0) is 15.5. The van der Waals surface area contributed by atoms with Crippen LogP contribution in [0.3, 0.4) is 0 Å². The van der Waals surface area contributed by atoms with Gasteiger partial charge in [-0.15, -0.1) is 0 Å². The molecule has 110 valence electrons. The van der Waals surface area contributed by atoms with E-state index in [1.165, 1.54) is 0 Å². The highest BCUT2D eigenvalue weighted by atomic mass is 16.5. The van der Waals surface area contributed by atoms with E-state index >= 15 is 0 Å². The zero-order valence-electron chi connectivity index (χ0n) is 12.2. The maximum absolute atomic E-state index is 11.4. The molecule has 1 heterocycles. The van der Waals surface area contributed by atoms with Crippen molar-refractivity contribution in [3.63, 3.8) is 0 Å². The number of hydrogen-bond acceptors (Lipinski definition) is 3. The van der Waals surface area contributed by atoms with E-state index in [2.05, 4.69) is 0 Å². The van der Waals surface area contributed by atoms with Crippen LogP contribution in [-0.4, -0.2) is 18.0 Å². The quantitative estimate of drug-likeness (QED) is 0.591. The molecule has 0 fully saturated rings. The van der Waals surface area contributed by atoms with Crippen molar-refractivity contribution in [1.82, 2.24) is 4.57 Å². The van der Waals surface area contributed by atoms with Crippen molar-refractivity contribution >= 4 is 12.0 Å². The molecule has 2 N–H and O–H groups in total. The third kappa shape index (κ3) is 2.35. The lowest BCUT2D eigenvalue weighted by atomic mass is 10.1. The fraction of sp³-hybridized carbons (Fsp3) is 0.0556. The second kappa shape index (κ2) is 5.77. The molecule has 0 aliphatic carbocycles. The van der Waals surface area contributed by atoms with E-state index in [9.17, 15) is 4.79 Å². The highest BCUT2D eigenvalue weighted by Gasteiger charge is 2.14. The first-order valence-corrected chi connectivity index (χ1v) is 6.90. The number of benzene rings is 2. The van der Waals surface area contributed by atoms with Gasteiger partial charge < -0.3 is 15.0 Å². The molecule has 4 nitrogen and oxygen atoms in total. The Morgan fingerprint density at radius 2 is 1.86 bits per heavy atom. The number of methoxy groups -OCH3 is 1. The van der Waals surface area contributed by atoms with E-state index in [1.807, 2.05) is 53.2 Å². The summed E-state index contributed by atoms with van der Waals surface area (Å²) in [6.45, 7) is 0. The van der Waals surface area contributed by atoms with Gasteiger partial charge in [0.25, 0.3) is 0 Å². The summed E-state index contributed by atoms with van der Waals surface area (Å²) in [4.78, 5) is 11.4. The summed E-state index contributed by atoms with van der Waals surface area (Å²) in [7, 11) is 1.61. The minimum Gasteiger partial charge on any atom is -0.497 e. The van der Waals surface area contributed by atoms with Crippen LogP contribution >= 0.6 is 0 Å². The molecule has 2 aromatic carbocycles. The highest BCUT2D eigenvalue weighted by Crippen LogP contribution is 2.31. The number of aldehydes is 1. The van der Waals surface area contributed by atoms with Gasteiger partial charge in [-0.1, -0.05) is 30.3 Å². The molecule has 3 aromatic rings. The molecule has 1 aromatic heterocycles. The number of nitrogens with two attached hydrogens (primary N) is 1. The summed E-state index contributed by atoms with van der Waals surface area (Å²) in [5, 5.41) is 0. The van der Waals surface area contributed by atoms with Crippen LogP contribution in [0.5, 0.6) is 5.75 Å². The van der Waals surface area contributed by atoms with Crippen molar-refractivity contribution in [2.45, 2.75) is 0 Å². The van der Waals surface area contributed by atoms with Crippen molar-refractivity contribution in [3.05, 3.63) is 66.4 Å². The molecule has 4 heteroatoms. The molecule has 0 saturated carbocycles. The van der Waals surface area contributed by atoms with Crippen molar-refractivity contribution in [3.8, 4) is 22.7 Å². The summed E-state index contributed by atoms with van der Waals surface area (Å²) in [6, 6.07) is 17.0. The van der Waals surface area contributed by atoms with Crippen LogP contribution < -0.4 is 10.5 Å². The van der Waals surface area contributed by atoms with Gasteiger partial charge in [-0.25, -0.2) is 0 Å². The Kier molecular flexibility index (Phi) is 3.66. The predicted octanol–water partition coefficient (Wildman–Crippen LogP) is 3.55. The summed E-state index contributed by atoms with van der Waals surface area (Å²) in [5.74, 6) is 0.713. The van der Waals surface area contributed by atoms with Crippen LogP contribution in [0.4, 0.5) is 5.69 Å². The molecule has 3 rings (SSSR count). The normalized spacial score (nSPS) is 10.4. The SMILES string of the molecule is COc1ccc(N)c(-n2ccc(C=O)c2-c2ccccc2)c1. The first-order chi connectivity index (χ1) is 10.7. The molecule has 0 aliphatic heterocycles. The van der Waals surface area contributed by atoms with Crippen LogP contribution in [0, 0.1) is 0 Å². The number of rotatable bonds is 4. The monoisotopic (exact) mass is 292 g/mol. The Morgan fingerprint density at radius 3 is 2.55 bits per heavy atom. The summed E-state index contributed by atoms with van der Waals surface area (Å²) in [6.07, 6.45) is 2.70. The van der Waals surface area contributed by atoms with E-state index < -0.39 is 0 Å². The zero-order valence-corrected chi connectivity index (χ0v) is 12.2. The van der Waals surface area contributed by atoms with Crippen LogP contribution in [0.15, 0.2) is 60.8 Å². The number of aromatic nitrogens is 1. The molecule has 0 radical (unpaired) electrons. The van der Waals surface area contributed by atoms with Gasteiger partial charge in [0, 0.05) is 17.8 Å². The highest BCUT2D eigenvalue weighted by molar-refractivity contribution is 5.87. The third-order valence-electron chi connectivity index (χ3n) is 3.59. The lowest BCUT2D eigenvalue weighted by Gasteiger charge is -2.14. The lowest BCUT2D eigenvalue weighted by Crippen LogP contribution is -2.02. The number of carbonyl (C=O) groups excluding carboxylic acids is 1. The van der Waals surface area contributed by atoms with Crippen LogP contribution in [0.25, 0.3) is 16.9 Å². The molecule has 0 unspecified atom stereocenters. The topological polar surface area (TPSA) is 57.2 Å². The number of nitrogen functional groups attached to an aromatic ring is 1. The van der Waals surface area contributed by atoms with Crippen molar-refractivity contribution in [2.75, 3.05) is 12.8 Å². The minimum absolute atomic E-state index is 0.617. The maximum Gasteiger partial charge on any atom is 0.152 e. The smallest absolute Gasteiger partial charge is 0.152 e. The average molecular weight is 292 g/mol. The predicted molar refractivity (Wildman–Crippen MR) is 87.6 cm³/mol. The summed E-state index contributed by atoms with van der Waals surface area (Å²) >= 11 is 0. The molecule has 22 heavy (non-hydrogen) atoms.